The lowest BCUT2D eigenvalue weighted by Crippen LogP contribution is -2.21. The van der Waals surface area contributed by atoms with E-state index in [1.165, 1.54) is 29.2 Å². The summed E-state index contributed by atoms with van der Waals surface area (Å²) in [5, 5.41) is 14.6. The number of nitrogens with one attached hydrogen (secondary N) is 2. The Morgan fingerprint density at radius 1 is 1.07 bits per heavy atom. The van der Waals surface area contributed by atoms with Gasteiger partial charge in [-0.05, 0) is 37.3 Å². The van der Waals surface area contributed by atoms with Gasteiger partial charge >= 0.3 is 12.0 Å². The van der Waals surface area contributed by atoms with Crippen molar-refractivity contribution in [2.24, 2.45) is 0 Å². The van der Waals surface area contributed by atoms with Gasteiger partial charge in [-0.3, -0.25) is 5.32 Å². The molecule has 11 nitrogen and oxygen atoms in total. The van der Waals surface area contributed by atoms with E-state index in [1.807, 2.05) is 20.8 Å². The Balaban J connectivity index is 1.53. The highest BCUT2D eigenvalue weighted by atomic mass is 19.1. The molecule has 0 atom stereocenters. The number of hydrogen-bond donors (Lipinski definition) is 3. The normalized spacial score (nSPS) is 11.4. The predicted molar refractivity (Wildman–Crippen MR) is 154 cm³/mol. The number of nitrogens with zero attached hydrogens (tertiary/aromatic N) is 5. The van der Waals surface area contributed by atoms with Gasteiger partial charge in [-0.1, -0.05) is 39.0 Å². The van der Waals surface area contributed by atoms with Gasteiger partial charge in [-0.15, -0.1) is 0 Å². The van der Waals surface area contributed by atoms with Gasteiger partial charge in [-0.25, -0.2) is 28.2 Å². The zero-order valence-corrected chi connectivity index (χ0v) is 23.0. The van der Waals surface area contributed by atoms with E-state index in [9.17, 15) is 14.0 Å². The number of para-hydroxylation sites is 1. The van der Waals surface area contributed by atoms with Crippen LogP contribution in [0, 0.1) is 5.82 Å². The topological polar surface area (TPSA) is 141 Å². The quantitative estimate of drug-likeness (QED) is 0.237. The van der Waals surface area contributed by atoms with Crippen molar-refractivity contribution < 1.29 is 18.7 Å². The molecule has 4 N–H and O–H groups in total. The summed E-state index contributed by atoms with van der Waals surface area (Å²) in [6.07, 6.45) is 2.81. The van der Waals surface area contributed by atoms with E-state index in [-0.39, 0.29) is 29.2 Å². The third-order valence-corrected chi connectivity index (χ3v) is 6.33. The monoisotopic (exact) mass is 556 g/mol. The minimum Gasteiger partial charge on any atom is -0.462 e. The maximum Gasteiger partial charge on any atom is 0.340 e. The number of urea groups is 1. The molecule has 0 saturated heterocycles. The van der Waals surface area contributed by atoms with Crippen molar-refractivity contribution in [2.75, 3.05) is 23.0 Å². The molecular formula is C29H29FN8O3. The van der Waals surface area contributed by atoms with Crippen molar-refractivity contribution in [1.29, 1.82) is 0 Å². The van der Waals surface area contributed by atoms with Crippen LogP contribution >= 0.6 is 0 Å². The molecule has 210 valence electrons. The van der Waals surface area contributed by atoms with Gasteiger partial charge in [0.05, 0.1) is 29.2 Å². The maximum atomic E-state index is 13.6. The molecule has 0 fully saturated rings. The van der Waals surface area contributed by atoms with Crippen LogP contribution in [0.3, 0.4) is 0 Å². The molecule has 0 radical (unpaired) electrons. The summed E-state index contributed by atoms with van der Waals surface area (Å²) in [7, 11) is 0. The number of anilines is 3. The number of hydrogen-bond acceptors (Lipinski definition) is 7. The Morgan fingerprint density at radius 3 is 2.51 bits per heavy atom. The number of carbonyl (C=O) groups excluding carboxylic acids is 2. The second kappa shape index (κ2) is 10.7. The number of benzene rings is 2. The summed E-state index contributed by atoms with van der Waals surface area (Å²) in [5.74, 6) is -0.407. The average molecular weight is 557 g/mol. The molecular weight excluding hydrogens is 527 g/mol. The third-order valence-electron chi connectivity index (χ3n) is 6.33. The SMILES string of the molecule is CCOC(=O)c1cn2ncnc(N)c2c1-c1ccccc1NC(=O)Nc1cc(C(C)(C)C)nn1-c1ccc(F)cc1. The van der Waals surface area contributed by atoms with Gasteiger partial charge in [0, 0.05) is 28.8 Å². The minimum atomic E-state index is -0.565. The molecule has 0 saturated carbocycles. The first kappa shape index (κ1) is 27.3. The molecule has 12 heteroatoms. The second-order valence-corrected chi connectivity index (χ2v) is 10.3. The molecule has 3 heterocycles. The molecule has 2 amide bonds. The van der Waals surface area contributed by atoms with E-state index in [4.69, 9.17) is 10.5 Å². The van der Waals surface area contributed by atoms with E-state index in [1.54, 1.807) is 54.1 Å². The lowest BCUT2D eigenvalue weighted by Gasteiger charge is -2.14. The molecule has 0 unspecified atom stereocenters. The van der Waals surface area contributed by atoms with Gasteiger partial charge in [-0.2, -0.15) is 10.2 Å². The molecule has 2 aromatic carbocycles. The molecule has 5 rings (SSSR count). The van der Waals surface area contributed by atoms with E-state index < -0.39 is 12.0 Å². The number of halogens is 1. The molecule has 0 aliphatic carbocycles. The van der Waals surface area contributed by atoms with Crippen LogP contribution in [0.1, 0.15) is 43.7 Å². The van der Waals surface area contributed by atoms with Crippen LogP contribution in [0.2, 0.25) is 0 Å². The number of rotatable bonds is 6. The third kappa shape index (κ3) is 5.44. The van der Waals surface area contributed by atoms with Crippen molar-refractivity contribution in [3.8, 4) is 16.8 Å². The van der Waals surface area contributed by atoms with Crippen molar-refractivity contribution in [1.82, 2.24) is 24.4 Å². The van der Waals surface area contributed by atoms with Gasteiger partial charge < -0.3 is 15.8 Å². The molecule has 0 bridgehead atoms. The second-order valence-electron chi connectivity index (χ2n) is 10.3. The molecule has 0 aliphatic heterocycles. The summed E-state index contributed by atoms with van der Waals surface area (Å²) in [6, 6.07) is 14.0. The number of nitrogens with two attached hydrogens (primary N) is 1. The van der Waals surface area contributed by atoms with Crippen LogP contribution in [-0.2, 0) is 10.2 Å². The van der Waals surface area contributed by atoms with E-state index in [2.05, 4.69) is 25.8 Å². The zero-order valence-electron chi connectivity index (χ0n) is 23.0. The smallest absolute Gasteiger partial charge is 0.340 e. The molecule has 5 aromatic rings. The van der Waals surface area contributed by atoms with Crippen LogP contribution in [0.4, 0.5) is 26.5 Å². The number of ether oxygens (including phenoxy) is 1. The predicted octanol–water partition coefficient (Wildman–Crippen LogP) is 5.42. The first-order valence-corrected chi connectivity index (χ1v) is 12.9. The fourth-order valence-corrected chi connectivity index (χ4v) is 4.37. The number of fused-ring (bicyclic) bond motifs is 1. The summed E-state index contributed by atoms with van der Waals surface area (Å²) in [4.78, 5) is 30.4. The summed E-state index contributed by atoms with van der Waals surface area (Å²) in [5.41, 5.74) is 9.14. The van der Waals surface area contributed by atoms with Crippen molar-refractivity contribution in [2.45, 2.75) is 33.1 Å². The van der Waals surface area contributed by atoms with Gasteiger partial charge in [0.15, 0.2) is 5.82 Å². The molecule has 0 aliphatic rings. The van der Waals surface area contributed by atoms with E-state index in [0.29, 0.717) is 33.8 Å². The van der Waals surface area contributed by atoms with Crippen molar-refractivity contribution >= 4 is 34.8 Å². The van der Waals surface area contributed by atoms with Crippen molar-refractivity contribution in [3.05, 3.63) is 84.2 Å². The molecule has 41 heavy (non-hydrogen) atoms. The minimum absolute atomic E-state index is 0.155. The van der Waals surface area contributed by atoms with Gasteiger partial charge in [0.2, 0.25) is 0 Å². The fraction of sp³-hybridized carbons (Fsp3) is 0.207. The van der Waals surface area contributed by atoms with Gasteiger partial charge in [0.1, 0.15) is 23.5 Å². The number of esters is 1. The lowest BCUT2D eigenvalue weighted by atomic mass is 9.92. The van der Waals surface area contributed by atoms with Crippen LogP contribution < -0.4 is 16.4 Å². The number of aromatic nitrogens is 5. The summed E-state index contributed by atoms with van der Waals surface area (Å²) >= 11 is 0. The average Bonchev–Trinajstić information content (AvgIpc) is 3.53. The Hall–Kier alpha value is -5.26. The van der Waals surface area contributed by atoms with Crippen molar-refractivity contribution in [3.63, 3.8) is 0 Å². The van der Waals surface area contributed by atoms with Crippen LogP contribution in [0.5, 0.6) is 0 Å². The first-order chi connectivity index (χ1) is 19.6. The van der Waals surface area contributed by atoms with Crippen LogP contribution in [0.15, 0.2) is 67.1 Å². The van der Waals surface area contributed by atoms with Gasteiger partial charge in [0.25, 0.3) is 0 Å². The van der Waals surface area contributed by atoms with E-state index >= 15 is 0 Å². The Labute approximate surface area is 235 Å². The highest BCUT2D eigenvalue weighted by Gasteiger charge is 2.25. The Morgan fingerprint density at radius 2 is 1.80 bits per heavy atom. The summed E-state index contributed by atoms with van der Waals surface area (Å²) in [6.45, 7) is 7.89. The maximum absolute atomic E-state index is 13.6. The molecule has 0 spiro atoms. The van der Waals surface area contributed by atoms with E-state index in [0.717, 1.165) is 5.69 Å². The zero-order chi connectivity index (χ0) is 29.3. The first-order valence-electron chi connectivity index (χ1n) is 12.9. The number of nitrogen functional groups attached to an aromatic ring is 1. The fourth-order valence-electron chi connectivity index (χ4n) is 4.37. The highest BCUT2D eigenvalue weighted by Crippen LogP contribution is 2.37. The Bertz CT molecular complexity index is 1750. The lowest BCUT2D eigenvalue weighted by molar-refractivity contribution is 0.0527. The number of carbonyl (C=O) groups is 2. The Kier molecular flexibility index (Phi) is 7.14. The van der Waals surface area contributed by atoms with Crippen LogP contribution in [-0.4, -0.2) is 43.0 Å². The largest absolute Gasteiger partial charge is 0.462 e. The standard InChI is InChI=1S/C29H29FN8O3/c1-5-41-27(39)20-15-37-25(26(31)32-16-33-37)24(20)19-8-6-7-9-21(19)34-28(40)35-23-14-22(29(2,3)4)36-38(23)18-12-10-17(30)11-13-18/h6-16H,5H2,1-4H3,(H2,31,32,33)(H2,34,35,40). The van der Waals surface area contributed by atoms with Crippen LogP contribution in [0.25, 0.3) is 22.3 Å². The number of amides is 2. The molecule has 3 aromatic heterocycles. The highest BCUT2D eigenvalue weighted by molar-refractivity contribution is 6.09. The summed E-state index contributed by atoms with van der Waals surface area (Å²) < 4.78 is 21.9.